The van der Waals surface area contributed by atoms with Gasteiger partial charge in [-0.05, 0) is 56.7 Å². The molecule has 1 fully saturated rings. The summed E-state index contributed by atoms with van der Waals surface area (Å²) >= 11 is 0. The van der Waals surface area contributed by atoms with Crippen LogP contribution in [0.4, 0.5) is 17.3 Å². The summed E-state index contributed by atoms with van der Waals surface area (Å²) in [4.78, 5) is 23.3. The fraction of sp³-hybridized carbons (Fsp3) is 0.476. The second-order valence-electron chi connectivity index (χ2n) is 7.20. The molecule has 3 rings (SSSR count). The summed E-state index contributed by atoms with van der Waals surface area (Å²) in [5, 5.41) is 6.24. The summed E-state index contributed by atoms with van der Waals surface area (Å²) in [6.07, 6.45) is 5.37. The topological polar surface area (TPSA) is 70.2 Å². The van der Waals surface area contributed by atoms with Crippen molar-refractivity contribution < 1.29 is 4.79 Å². The van der Waals surface area contributed by atoms with Crippen molar-refractivity contribution in [2.45, 2.75) is 39.5 Å². The predicted molar refractivity (Wildman–Crippen MR) is 110 cm³/mol. The van der Waals surface area contributed by atoms with Crippen LogP contribution in [0.5, 0.6) is 0 Å². The molecular weight excluding hydrogens is 338 g/mol. The Labute approximate surface area is 161 Å². The maximum atomic E-state index is 12.3. The van der Waals surface area contributed by atoms with Gasteiger partial charge in [-0.25, -0.2) is 9.97 Å². The number of anilines is 3. The van der Waals surface area contributed by atoms with Gasteiger partial charge in [0.15, 0.2) is 0 Å². The first-order valence-corrected chi connectivity index (χ1v) is 9.81. The molecule has 2 heterocycles. The van der Waals surface area contributed by atoms with Crippen molar-refractivity contribution in [1.82, 2.24) is 9.97 Å². The highest BCUT2D eigenvalue weighted by Crippen LogP contribution is 2.25. The number of carbonyl (C=O) groups is 1. The lowest BCUT2D eigenvalue weighted by molar-refractivity contribution is -0.116. The molecule has 0 spiro atoms. The first-order valence-electron chi connectivity index (χ1n) is 9.81. The Morgan fingerprint density at radius 1 is 1.30 bits per heavy atom. The zero-order chi connectivity index (χ0) is 19.1. The fourth-order valence-electron chi connectivity index (χ4n) is 3.59. The van der Waals surface area contributed by atoms with Gasteiger partial charge in [-0.15, -0.1) is 0 Å². The molecule has 1 saturated heterocycles. The molecular formula is C21H29N5O. The van der Waals surface area contributed by atoms with Crippen molar-refractivity contribution in [2.75, 3.05) is 35.2 Å². The smallest absolute Gasteiger partial charge is 0.224 e. The Morgan fingerprint density at radius 3 is 3.00 bits per heavy atom. The van der Waals surface area contributed by atoms with Crippen molar-refractivity contribution in [3.05, 3.63) is 42.2 Å². The van der Waals surface area contributed by atoms with E-state index >= 15 is 0 Å². The highest BCUT2D eigenvalue weighted by Gasteiger charge is 2.22. The number of aromatic nitrogens is 2. The minimum atomic E-state index is 0.0918. The monoisotopic (exact) mass is 367 g/mol. The van der Waals surface area contributed by atoms with E-state index in [9.17, 15) is 4.79 Å². The van der Waals surface area contributed by atoms with Crippen LogP contribution in [0.2, 0.25) is 0 Å². The van der Waals surface area contributed by atoms with Gasteiger partial charge in [0.25, 0.3) is 0 Å². The van der Waals surface area contributed by atoms with Crippen LogP contribution < -0.4 is 15.5 Å². The summed E-state index contributed by atoms with van der Waals surface area (Å²) < 4.78 is 0. The van der Waals surface area contributed by atoms with E-state index in [1.54, 1.807) is 6.33 Å². The third-order valence-corrected chi connectivity index (χ3v) is 4.94. The minimum Gasteiger partial charge on any atom is -0.370 e. The lowest BCUT2D eigenvalue weighted by Crippen LogP contribution is -2.36. The van der Waals surface area contributed by atoms with Crippen molar-refractivity contribution in [1.29, 1.82) is 0 Å². The van der Waals surface area contributed by atoms with Gasteiger partial charge in [0.1, 0.15) is 18.0 Å². The molecule has 0 bridgehead atoms. The van der Waals surface area contributed by atoms with E-state index < -0.39 is 0 Å². The van der Waals surface area contributed by atoms with Crippen LogP contribution in [0.3, 0.4) is 0 Å². The van der Waals surface area contributed by atoms with E-state index in [1.165, 1.54) is 6.42 Å². The lowest BCUT2D eigenvalue weighted by atomic mass is 9.93. The van der Waals surface area contributed by atoms with Crippen LogP contribution in [0, 0.1) is 12.8 Å². The molecule has 1 aliphatic rings. The van der Waals surface area contributed by atoms with Crippen molar-refractivity contribution in [3.8, 4) is 0 Å². The molecule has 0 saturated carbocycles. The molecule has 0 radical (unpaired) electrons. The Morgan fingerprint density at radius 2 is 2.19 bits per heavy atom. The normalized spacial score (nSPS) is 16.8. The van der Waals surface area contributed by atoms with Crippen LogP contribution in [-0.2, 0) is 4.79 Å². The van der Waals surface area contributed by atoms with Crippen LogP contribution >= 0.6 is 0 Å². The average Bonchev–Trinajstić information content (AvgIpc) is 2.67. The van der Waals surface area contributed by atoms with Gasteiger partial charge >= 0.3 is 0 Å². The molecule has 1 aromatic heterocycles. The maximum Gasteiger partial charge on any atom is 0.224 e. The van der Waals surface area contributed by atoms with Crippen LogP contribution in [-0.4, -0.2) is 35.5 Å². The Kier molecular flexibility index (Phi) is 6.63. The number of benzene rings is 1. The Bertz CT molecular complexity index is 764. The second-order valence-corrected chi connectivity index (χ2v) is 7.20. The number of aryl methyl sites for hydroxylation is 1. The SMILES string of the molecule is CCNc1cc(N2CCC[C@@H](CCC(=O)Nc3cccc(C)c3)C2)ncn1. The molecule has 0 unspecified atom stereocenters. The molecule has 1 aromatic carbocycles. The molecule has 0 aliphatic carbocycles. The van der Waals surface area contributed by atoms with Crippen LogP contribution in [0.1, 0.15) is 38.2 Å². The summed E-state index contributed by atoms with van der Waals surface area (Å²) in [7, 11) is 0. The average molecular weight is 367 g/mol. The first kappa shape index (κ1) is 19.1. The van der Waals surface area contributed by atoms with Gasteiger partial charge in [0, 0.05) is 37.8 Å². The van der Waals surface area contributed by atoms with Crippen LogP contribution in [0.25, 0.3) is 0 Å². The van der Waals surface area contributed by atoms with E-state index in [0.717, 1.165) is 55.4 Å². The van der Waals surface area contributed by atoms with Crippen molar-refractivity contribution >= 4 is 23.2 Å². The molecule has 6 nitrogen and oxygen atoms in total. The van der Waals surface area contributed by atoms with E-state index in [2.05, 4.69) is 32.4 Å². The second kappa shape index (κ2) is 9.35. The van der Waals surface area contributed by atoms with Gasteiger partial charge in [-0.1, -0.05) is 12.1 Å². The summed E-state index contributed by atoms with van der Waals surface area (Å²) in [6.45, 7) is 6.88. The number of piperidine rings is 1. The van der Waals surface area contributed by atoms with E-state index in [4.69, 9.17) is 0 Å². The number of carbonyl (C=O) groups excluding carboxylic acids is 1. The highest BCUT2D eigenvalue weighted by atomic mass is 16.1. The predicted octanol–water partition coefficient (Wildman–Crippen LogP) is 3.85. The number of amides is 1. The number of nitrogens with zero attached hydrogens (tertiary/aromatic N) is 3. The van der Waals surface area contributed by atoms with E-state index in [1.807, 2.05) is 37.3 Å². The molecule has 2 N–H and O–H groups in total. The zero-order valence-electron chi connectivity index (χ0n) is 16.2. The van der Waals surface area contributed by atoms with Gasteiger partial charge in [-0.3, -0.25) is 4.79 Å². The largest absolute Gasteiger partial charge is 0.370 e. The third kappa shape index (κ3) is 5.67. The van der Waals surface area contributed by atoms with Gasteiger partial charge in [0.05, 0.1) is 0 Å². The summed E-state index contributed by atoms with van der Waals surface area (Å²) in [5.74, 6) is 2.44. The maximum absolute atomic E-state index is 12.3. The van der Waals surface area contributed by atoms with Crippen LogP contribution in [0.15, 0.2) is 36.7 Å². The zero-order valence-corrected chi connectivity index (χ0v) is 16.2. The summed E-state index contributed by atoms with van der Waals surface area (Å²) in [5.41, 5.74) is 2.03. The molecule has 1 amide bonds. The highest BCUT2D eigenvalue weighted by molar-refractivity contribution is 5.90. The van der Waals surface area contributed by atoms with Crippen molar-refractivity contribution in [2.24, 2.45) is 5.92 Å². The third-order valence-electron chi connectivity index (χ3n) is 4.94. The number of hydrogen-bond donors (Lipinski definition) is 2. The standard InChI is InChI=1S/C21H29N5O/c1-3-22-19-13-20(24-15-23-19)26-11-5-7-17(14-26)9-10-21(27)25-18-8-4-6-16(2)12-18/h4,6,8,12-13,15,17H,3,5,7,9-11,14H2,1-2H3,(H,25,27)(H,22,23,24)/t17-/m0/s1. The van der Waals surface area contributed by atoms with E-state index in [-0.39, 0.29) is 5.91 Å². The van der Waals surface area contributed by atoms with Crippen molar-refractivity contribution in [3.63, 3.8) is 0 Å². The van der Waals surface area contributed by atoms with Gasteiger partial charge in [0.2, 0.25) is 5.91 Å². The Hall–Kier alpha value is -2.63. The lowest BCUT2D eigenvalue weighted by Gasteiger charge is -2.33. The minimum absolute atomic E-state index is 0.0918. The number of rotatable bonds is 7. The molecule has 27 heavy (non-hydrogen) atoms. The van der Waals surface area contributed by atoms with E-state index in [0.29, 0.717) is 12.3 Å². The molecule has 1 atom stereocenters. The quantitative estimate of drug-likeness (QED) is 0.778. The molecule has 2 aromatic rings. The summed E-state index contributed by atoms with van der Waals surface area (Å²) in [6, 6.07) is 9.94. The number of nitrogens with one attached hydrogen (secondary N) is 2. The number of hydrogen-bond acceptors (Lipinski definition) is 5. The Balaban J connectivity index is 1.51. The van der Waals surface area contributed by atoms with Gasteiger partial charge < -0.3 is 15.5 Å². The van der Waals surface area contributed by atoms with Gasteiger partial charge in [-0.2, -0.15) is 0 Å². The fourth-order valence-corrected chi connectivity index (χ4v) is 3.59. The first-order chi connectivity index (χ1) is 13.1. The molecule has 6 heteroatoms. The molecule has 144 valence electrons. The molecule has 1 aliphatic heterocycles.